The number of hydrogen-bond acceptors (Lipinski definition) is 3. The van der Waals surface area contributed by atoms with Gasteiger partial charge >= 0.3 is 5.97 Å². The van der Waals surface area contributed by atoms with Gasteiger partial charge in [-0.1, -0.05) is 12.1 Å². The van der Waals surface area contributed by atoms with Crippen LogP contribution in [0.5, 0.6) is 0 Å². The van der Waals surface area contributed by atoms with E-state index in [1.54, 1.807) is 6.92 Å². The van der Waals surface area contributed by atoms with E-state index in [4.69, 9.17) is 16.3 Å². The van der Waals surface area contributed by atoms with E-state index in [2.05, 4.69) is 0 Å². The van der Waals surface area contributed by atoms with Gasteiger partial charge in [-0.3, -0.25) is 9.59 Å². The average Bonchev–Trinajstić information content (AvgIpc) is 2.31. The van der Waals surface area contributed by atoms with Gasteiger partial charge in [0.25, 0.3) is 0 Å². The van der Waals surface area contributed by atoms with Crippen LogP contribution in [0.3, 0.4) is 0 Å². The van der Waals surface area contributed by atoms with Crippen LogP contribution in [0, 0.1) is 5.82 Å². The van der Waals surface area contributed by atoms with Crippen molar-refractivity contribution in [2.24, 2.45) is 0 Å². The van der Waals surface area contributed by atoms with E-state index in [1.807, 2.05) is 0 Å². The molecular weight excluding hydrogens is 259 g/mol. The second-order valence-corrected chi connectivity index (χ2v) is 4.17. The Hall–Kier alpha value is -1.42. The highest BCUT2D eigenvalue weighted by Crippen LogP contribution is 2.23. The van der Waals surface area contributed by atoms with Crippen LogP contribution in [0.25, 0.3) is 0 Å². The van der Waals surface area contributed by atoms with Gasteiger partial charge in [0.2, 0.25) is 5.24 Å². The lowest BCUT2D eigenvalue weighted by molar-refractivity contribution is -0.145. The highest BCUT2D eigenvalue weighted by atomic mass is 35.5. The molecule has 0 saturated carbocycles. The monoisotopic (exact) mass is 272 g/mol. The molecule has 0 aliphatic rings. The zero-order chi connectivity index (χ0) is 13.5. The topological polar surface area (TPSA) is 43.4 Å². The zero-order valence-corrected chi connectivity index (χ0v) is 10.7. The lowest BCUT2D eigenvalue weighted by Gasteiger charge is -2.15. The molecule has 0 fully saturated rings. The Kier molecular flexibility index (Phi) is 5.78. The smallest absolute Gasteiger partial charge is 0.313 e. The standard InChI is InChI=1S/C13H14ClFO3/c1-2-18-13(17)11(7-8-12(14)16)9-3-5-10(15)6-4-9/h3-6,11H,2,7-8H2,1H3. The van der Waals surface area contributed by atoms with Crippen molar-refractivity contribution in [1.29, 1.82) is 0 Å². The number of esters is 1. The predicted octanol–water partition coefficient (Wildman–Crippen LogP) is 3.02. The molecule has 1 rings (SSSR count). The van der Waals surface area contributed by atoms with E-state index < -0.39 is 17.1 Å². The number of carbonyl (C=O) groups excluding carboxylic acids is 2. The van der Waals surface area contributed by atoms with Crippen molar-refractivity contribution in [3.63, 3.8) is 0 Å². The Morgan fingerprint density at radius 3 is 2.44 bits per heavy atom. The average molecular weight is 273 g/mol. The van der Waals surface area contributed by atoms with Crippen molar-refractivity contribution in [2.75, 3.05) is 6.61 Å². The van der Waals surface area contributed by atoms with Gasteiger partial charge in [0.15, 0.2) is 0 Å². The molecule has 0 heterocycles. The third kappa shape index (κ3) is 4.45. The van der Waals surface area contributed by atoms with Crippen molar-refractivity contribution < 1.29 is 18.7 Å². The number of ether oxygens (including phenoxy) is 1. The summed E-state index contributed by atoms with van der Waals surface area (Å²) in [7, 11) is 0. The van der Waals surface area contributed by atoms with Gasteiger partial charge in [-0.25, -0.2) is 4.39 Å². The van der Waals surface area contributed by atoms with E-state index in [0.717, 1.165) is 0 Å². The molecule has 0 spiro atoms. The van der Waals surface area contributed by atoms with Crippen molar-refractivity contribution in [3.8, 4) is 0 Å². The fraction of sp³-hybridized carbons (Fsp3) is 0.385. The number of benzene rings is 1. The van der Waals surface area contributed by atoms with Crippen LogP contribution in [0.1, 0.15) is 31.2 Å². The van der Waals surface area contributed by atoms with Crippen LogP contribution in [0.15, 0.2) is 24.3 Å². The van der Waals surface area contributed by atoms with Crippen molar-refractivity contribution in [3.05, 3.63) is 35.6 Å². The molecule has 18 heavy (non-hydrogen) atoms. The van der Waals surface area contributed by atoms with Gasteiger partial charge in [-0.05, 0) is 42.6 Å². The van der Waals surface area contributed by atoms with Gasteiger partial charge in [-0.2, -0.15) is 0 Å². The molecule has 98 valence electrons. The van der Waals surface area contributed by atoms with E-state index in [1.165, 1.54) is 24.3 Å². The third-order valence-corrected chi connectivity index (χ3v) is 2.66. The van der Waals surface area contributed by atoms with E-state index in [-0.39, 0.29) is 25.3 Å². The summed E-state index contributed by atoms with van der Waals surface area (Å²) in [6, 6.07) is 5.55. The molecular formula is C13H14ClFO3. The van der Waals surface area contributed by atoms with E-state index in [0.29, 0.717) is 5.56 Å². The van der Waals surface area contributed by atoms with Crippen LogP contribution < -0.4 is 0 Å². The maximum Gasteiger partial charge on any atom is 0.313 e. The summed E-state index contributed by atoms with van der Waals surface area (Å²) in [6.45, 7) is 1.96. The lowest BCUT2D eigenvalue weighted by atomic mass is 9.94. The number of hydrogen-bond donors (Lipinski definition) is 0. The van der Waals surface area contributed by atoms with Crippen LogP contribution in [0.4, 0.5) is 4.39 Å². The summed E-state index contributed by atoms with van der Waals surface area (Å²) in [5.41, 5.74) is 0.618. The van der Waals surface area contributed by atoms with Gasteiger partial charge in [0, 0.05) is 6.42 Å². The normalized spacial score (nSPS) is 11.9. The fourth-order valence-electron chi connectivity index (χ4n) is 1.62. The number of halogens is 2. The first-order valence-electron chi connectivity index (χ1n) is 5.65. The fourth-order valence-corrected chi connectivity index (χ4v) is 1.73. The molecule has 0 aromatic heterocycles. The molecule has 0 bridgehead atoms. The minimum Gasteiger partial charge on any atom is -0.466 e. The Morgan fingerprint density at radius 1 is 1.33 bits per heavy atom. The zero-order valence-electron chi connectivity index (χ0n) is 9.99. The highest BCUT2D eigenvalue weighted by Gasteiger charge is 2.22. The minimum absolute atomic E-state index is 0.0718. The highest BCUT2D eigenvalue weighted by molar-refractivity contribution is 6.63. The lowest BCUT2D eigenvalue weighted by Crippen LogP contribution is -2.16. The summed E-state index contributed by atoms with van der Waals surface area (Å²) in [6.07, 6.45) is 0.329. The Balaban J connectivity index is 2.85. The van der Waals surface area contributed by atoms with Crippen LogP contribution in [-0.2, 0) is 14.3 Å². The largest absolute Gasteiger partial charge is 0.466 e. The van der Waals surface area contributed by atoms with Gasteiger partial charge in [-0.15, -0.1) is 0 Å². The molecule has 1 aromatic carbocycles. The van der Waals surface area contributed by atoms with Crippen LogP contribution in [-0.4, -0.2) is 17.8 Å². The summed E-state index contributed by atoms with van der Waals surface area (Å²) >= 11 is 5.27. The first kappa shape index (κ1) is 14.6. The molecule has 0 amide bonds. The molecule has 0 aliphatic carbocycles. The number of rotatable bonds is 6. The van der Waals surface area contributed by atoms with Crippen LogP contribution >= 0.6 is 11.6 Å². The second kappa shape index (κ2) is 7.11. The van der Waals surface area contributed by atoms with E-state index in [9.17, 15) is 14.0 Å². The molecule has 5 heteroatoms. The molecule has 1 aromatic rings. The van der Waals surface area contributed by atoms with E-state index >= 15 is 0 Å². The molecule has 0 saturated heterocycles. The minimum atomic E-state index is -0.590. The Morgan fingerprint density at radius 2 is 1.94 bits per heavy atom. The Labute approximate surface area is 110 Å². The summed E-state index contributed by atoms with van der Waals surface area (Å²) in [4.78, 5) is 22.5. The summed E-state index contributed by atoms with van der Waals surface area (Å²) < 4.78 is 17.8. The summed E-state index contributed by atoms with van der Waals surface area (Å²) in [5.74, 6) is -1.40. The third-order valence-electron chi connectivity index (χ3n) is 2.47. The molecule has 1 atom stereocenters. The molecule has 0 radical (unpaired) electrons. The maximum atomic E-state index is 12.8. The predicted molar refractivity (Wildman–Crippen MR) is 65.9 cm³/mol. The van der Waals surface area contributed by atoms with Gasteiger partial charge < -0.3 is 4.74 Å². The molecule has 0 aliphatic heterocycles. The quantitative estimate of drug-likeness (QED) is 0.591. The number of carbonyl (C=O) groups is 2. The SMILES string of the molecule is CCOC(=O)C(CCC(=O)Cl)c1ccc(F)cc1. The molecule has 3 nitrogen and oxygen atoms in total. The second-order valence-electron chi connectivity index (χ2n) is 3.75. The van der Waals surface area contributed by atoms with Crippen LogP contribution in [0.2, 0.25) is 0 Å². The first-order valence-corrected chi connectivity index (χ1v) is 6.02. The molecule has 1 unspecified atom stereocenters. The van der Waals surface area contributed by atoms with Crippen molar-refractivity contribution in [2.45, 2.75) is 25.7 Å². The van der Waals surface area contributed by atoms with Gasteiger partial charge in [0.05, 0.1) is 12.5 Å². The van der Waals surface area contributed by atoms with Crippen molar-refractivity contribution in [1.82, 2.24) is 0 Å². The maximum absolute atomic E-state index is 12.8. The molecule has 0 N–H and O–H groups in total. The van der Waals surface area contributed by atoms with Gasteiger partial charge in [0.1, 0.15) is 5.82 Å². The van der Waals surface area contributed by atoms with Crippen molar-refractivity contribution >= 4 is 22.8 Å². The Bertz CT molecular complexity index is 417. The summed E-state index contributed by atoms with van der Waals surface area (Å²) in [5, 5.41) is -0.508. The first-order chi connectivity index (χ1) is 8.54.